The standard InChI is InChI=1S/C17H23NO2/c1-12(2)14(4)11-18-17(20)16-10-13(3)7-8-15(16)6-5-9-19/h7-8,10,12,14,19H,9,11H2,1-4H3,(H,18,20). The first-order valence-corrected chi connectivity index (χ1v) is 6.94. The molecule has 3 heteroatoms. The van der Waals surface area contributed by atoms with Gasteiger partial charge in [0.2, 0.25) is 0 Å². The van der Waals surface area contributed by atoms with Crippen molar-refractivity contribution in [3.63, 3.8) is 0 Å². The van der Waals surface area contributed by atoms with Crippen LogP contribution >= 0.6 is 0 Å². The Morgan fingerprint density at radius 3 is 2.65 bits per heavy atom. The topological polar surface area (TPSA) is 49.3 Å². The zero-order valence-electron chi connectivity index (χ0n) is 12.7. The van der Waals surface area contributed by atoms with Crippen LogP contribution in [0.2, 0.25) is 0 Å². The van der Waals surface area contributed by atoms with Crippen LogP contribution in [0.4, 0.5) is 0 Å². The molecule has 0 aromatic heterocycles. The fourth-order valence-electron chi connectivity index (χ4n) is 1.67. The molecule has 0 aliphatic rings. The van der Waals surface area contributed by atoms with Crippen LogP contribution in [0, 0.1) is 30.6 Å². The number of hydrogen-bond acceptors (Lipinski definition) is 2. The average Bonchev–Trinajstić information content (AvgIpc) is 2.42. The lowest BCUT2D eigenvalue weighted by Gasteiger charge is -2.16. The fourth-order valence-corrected chi connectivity index (χ4v) is 1.67. The first kappa shape index (κ1) is 16.3. The molecular formula is C17H23NO2. The van der Waals surface area contributed by atoms with E-state index in [2.05, 4.69) is 37.9 Å². The summed E-state index contributed by atoms with van der Waals surface area (Å²) in [5, 5.41) is 11.7. The summed E-state index contributed by atoms with van der Waals surface area (Å²) in [5.74, 6) is 6.26. The maximum absolute atomic E-state index is 12.3. The summed E-state index contributed by atoms with van der Waals surface area (Å²) in [6.07, 6.45) is 0. The SMILES string of the molecule is Cc1ccc(C#CCO)c(C(=O)NCC(C)C(C)C)c1. The van der Waals surface area contributed by atoms with E-state index in [1.165, 1.54) is 0 Å². The van der Waals surface area contributed by atoms with Gasteiger partial charge < -0.3 is 10.4 Å². The maximum atomic E-state index is 12.3. The van der Waals surface area contributed by atoms with Gasteiger partial charge in [-0.3, -0.25) is 4.79 Å². The predicted molar refractivity (Wildman–Crippen MR) is 81.5 cm³/mol. The van der Waals surface area contributed by atoms with E-state index in [0.717, 1.165) is 5.56 Å². The summed E-state index contributed by atoms with van der Waals surface area (Å²) in [4.78, 5) is 12.3. The van der Waals surface area contributed by atoms with Crippen molar-refractivity contribution in [2.45, 2.75) is 27.7 Å². The number of hydrogen-bond donors (Lipinski definition) is 2. The minimum atomic E-state index is -0.209. The number of benzene rings is 1. The lowest BCUT2D eigenvalue weighted by molar-refractivity contribution is 0.0944. The number of rotatable bonds is 4. The van der Waals surface area contributed by atoms with E-state index in [9.17, 15) is 4.79 Å². The highest BCUT2D eigenvalue weighted by Crippen LogP contribution is 2.12. The predicted octanol–water partition coefficient (Wildman–Crippen LogP) is 2.36. The first-order valence-electron chi connectivity index (χ1n) is 6.94. The highest BCUT2D eigenvalue weighted by molar-refractivity contribution is 5.96. The molecule has 0 saturated heterocycles. The van der Waals surface area contributed by atoms with Gasteiger partial charge in [-0.05, 0) is 30.9 Å². The summed E-state index contributed by atoms with van der Waals surface area (Å²) < 4.78 is 0. The van der Waals surface area contributed by atoms with Gasteiger partial charge in [-0.2, -0.15) is 0 Å². The van der Waals surface area contributed by atoms with E-state index in [4.69, 9.17) is 5.11 Å². The van der Waals surface area contributed by atoms with Crippen LogP contribution in [0.1, 0.15) is 42.3 Å². The Labute approximate surface area is 121 Å². The average molecular weight is 273 g/mol. The van der Waals surface area contributed by atoms with Gasteiger partial charge in [-0.15, -0.1) is 0 Å². The molecule has 0 aliphatic heterocycles. The summed E-state index contributed by atoms with van der Waals surface area (Å²) in [6.45, 7) is 8.78. The summed E-state index contributed by atoms with van der Waals surface area (Å²) in [5.41, 5.74) is 2.24. The van der Waals surface area contributed by atoms with Gasteiger partial charge >= 0.3 is 0 Å². The monoisotopic (exact) mass is 273 g/mol. The number of carbonyl (C=O) groups excluding carboxylic acids is 1. The molecule has 0 spiro atoms. The molecule has 20 heavy (non-hydrogen) atoms. The molecule has 1 atom stereocenters. The van der Waals surface area contributed by atoms with Gasteiger partial charge in [-0.25, -0.2) is 0 Å². The Morgan fingerprint density at radius 2 is 2.05 bits per heavy atom. The first-order chi connectivity index (χ1) is 9.45. The van der Waals surface area contributed by atoms with Crippen LogP contribution in [0.15, 0.2) is 18.2 Å². The Bertz CT molecular complexity index is 524. The molecule has 1 unspecified atom stereocenters. The molecule has 0 radical (unpaired) electrons. The molecule has 1 aromatic rings. The van der Waals surface area contributed by atoms with E-state index in [1.54, 1.807) is 0 Å². The van der Waals surface area contributed by atoms with E-state index in [-0.39, 0.29) is 12.5 Å². The quantitative estimate of drug-likeness (QED) is 0.827. The Balaban J connectivity index is 2.88. The van der Waals surface area contributed by atoms with E-state index >= 15 is 0 Å². The van der Waals surface area contributed by atoms with Crippen LogP contribution in [0.3, 0.4) is 0 Å². The summed E-state index contributed by atoms with van der Waals surface area (Å²) in [6, 6.07) is 5.56. The number of aliphatic hydroxyl groups is 1. The molecule has 0 heterocycles. The molecule has 1 rings (SSSR count). The van der Waals surface area contributed by atoms with Crippen LogP contribution in [0.25, 0.3) is 0 Å². The van der Waals surface area contributed by atoms with Crippen LogP contribution in [-0.4, -0.2) is 24.2 Å². The minimum Gasteiger partial charge on any atom is -0.384 e. The molecular weight excluding hydrogens is 250 g/mol. The Hall–Kier alpha value is -1.79. The maximum Gasteiger partial charge on any atom is 0.252 e. The second-order valence-corrected chi connectivity index (χ2v) is 5.44. The van der Waals surface area contributed by atoms with Crippen molar-refractivity contribution >= 4 is 5.91 Å². The van der Waals surface area contributed by atoms with Crippen molar-refractivity contribution in [3.05, 3.63) is 34.9 Å². The molecule has 0 saturated carbocycles. The van der Waals surface area contributed by atoms with Crippen molar-refractivity contribution in [2.24, 2.45) is 11.8 Å². The van der Waals surface area contributed by atoms with Crippen LogP contribution in [0.5, 0.6) is 0 Å². The molecule has 0 fully saturated rings. The number of aliphatic hydroxyl groups excluding tert-OH is 1. The Kier molecular flexibility index (Phi) is 6.27. The van der Waals surface area contributed by atoms with Gasteiger partial charge in [0.05, 0.1) is 5.56 Å². The van der Waals surface area contributed by atoms with Crippen LogP contribution < -0.4 is 5.32 Å². The van der Waals surface area contributed by atoms with Crippen molar-refractivity contribution in [3.8, 4) is 11.8 Å². The van der Waals surface area contributed by atoms with E-state index < -0.39 is 0 Å². The lowest BCUT2D eigenvalue weighted by Crippen LogP contribution is -2.30. The number of carbonyl (C=O) groups is 1. The molecule has 2 N–H and O–H groups in total. The molecule has 1 aromatic carbocycles. The van der Waals surface area contributed by atoms with E-state index in [1.807, 2.05) is 25.1 Å². The number of nitrogens with one attached hydrogen (secondary N) is 1. The highest BCUT2D eigenvalue weighted by atomic mass is 16.2. The second-order valence-electron chi connectivity index (χ2n) is 5.44. The fraction of sp³-hybridized carbons (Fsp3) is 0.471. The second kappa shape index (κ2) is 7.72. The molecule has 0 bridgehead atoms. The molecule has 1 amide bonds. The van der Waals surface area contributed by atoms with Gasteiger partial charge in [0.1, 0.15) is 6.61 Å². The van der Waals surface area contributed by atoms with Gasteiger partial charge in [0, 0.05) is 12.1 Å². The molecule has 3 nitrogen and oxygen atoms in total. The normalized spacial score (nSPS) is 11.7. The summed E-state index contributed by atoms with van der Waals surface area (Å²) >= 11 is 0. The Morgan fingerprint density at radius 1 is 1.35 bits per heavy atom. The van der Waals surface area contributed by atoms with Gasteiger partial charge in [0.15, 0.2) is 0 Å². The van der Waals surface area contributed by atoms with Crippen LogP contribution in [-0.2, 0) is 0 Å². The van der Waals surface area contributed by atoms with Gasteiger partial charge in [-0.1, -0.05) is 44.2 Å². The van der Waals surface area contributed by atoms with Crippen molar-refractivity contribution in [1.82, 2.24) is 5.32 Å². The van der Waals surface area contributed by atoms with Crippen molar-refractivity contribution in [1.29, 1.82) is 0 Å². The zero-order valence-corrected chi connectivity index (χ0v) is 12.7. The summed E-state index contributed by atoms with van der Waals surface area (Å²) in [7, 11) is 0. The third kappa shape index (κ3) is 4.71. The number of amides is 1. The third-order valence-corrected chi connectivity index (χ3v) is 3.44. The smallest absolute Gasteiger partial charge is 0.252 e. The van der Waals surface area contributed by atoms with E-state index in [0.29, 0.717) is 29.5 Å². The van der Waals surface area contributed by atoms with Gasteiger partial charge in [0.25, 0.3) is 5.91 Å². The molecule has 108 valence electrons. The minimum absolute atomic E-state index is 0.108. The zero-order chi connectivity index (χ0) is 15.1. The van der Waals surface area contributed by atoms with Crippen molar-refractivity contribution < 1.29 is 9.90 Å². The highest BCUT2D eigenvalue weighted by Gasteiger charge is 2.13. The van der Waals surface area contributed by atoms with Crippen molar-refractivity contribution in [2.75, 3.05) is 13.2 Å². The molecule has 0 aliphatic carbocycles. The number of aryl methyl sites for hydroxylation is 1. The largest absolute Gasteiger partial charge is 0.384 e. The third-order valence-electron chi connectivity index (χ3n) is 3.44. The lowest BCUT2D eigenvalue weighted by atomic mass is 9.98.